The van der Waals surface area contributed by atoms with E-state index in [-0.39, 0.29) is 37.1 Å². The molecule has 0 spiro atoms. The van der Waals surface area contributed by atoms with Gasteiger partial charge in [0.2, 0.25) is 17.7 Å². The minimum atomic E-state index is -1.31. The van der Waals surface area contributed by atoms with Crippen LogP contribution in [-0.4, -0.2) is 66.4 Å². The van der Waals surface area contributed by atoms with Gasteiger partial charge in [0.15, 0.2) is 0 Å². The first kappa shape index (κ1) is 24.4. The number of imide groups is 1. The zero-order chi connectivity index (χ0) is 23.8. The molecular formula is C25H31N3O5. The lowest BCUT2D eigenvalue weighted by Gasteiger charge is -2.31. The minimum absolute atomic E-state index is 0.0717. The molecule has 0 N–H and O–H groups in total. The predicted molar refractivity (Wildman–Crippen MR) is 122 cm³/mol. The Morgan fingerprint density at radius 2 is 1.88 bits per heavy atom. The number of likely N-dealkylation sites (tertiary alicyclic amines) is 1. The zero-order valence-corrected chi connectivity index (χ0v) is 19.5. The summed E-state index contributed by atoms with van der Waals surface area (Å²) in [5, 5.41) is 0. The van der Waals surface area contributed by atoms with E-state index < -0.39 is 5.41 Å². The normalized spacial score (nSPS) is 18.0. The van der Waals surface area contributed by atoms with Crippen molar-refractivity contribution in [3.63, 3.8) is 0 Å². The monoisotopic (exact) mass is 453 g/mol. The lowest BCUT2D eigenvalue weighted by Crippen LogP contribution is -2.43. The van der Waals surface area contributed by atoms with Crippen molar-refractivity contribution >= 4 is 17.7 Å². The number of aromatic nitrogens is 1. The summed E-state index contributed by atoms with van der Waals surface area (Å²) < 4.78 is 10.6. The first-order chi connectivity index (χ1) is 16.0. The van der Waals surface area contributed by atoms with Gasteiger partial charge in [-0.3, -0.25) is 24.3 Å². The number of para-hydroxylation sites is 1. The van der Waals surface area contributed by atoms with Crippen molar-refractivity contribution in [2.75, 3.05) is 33.9 Å². The van der Waals surface area contributed by atoms with Crippen LogP contribution in [0.2, 0.25) is 0 Å². The Balaban J connectivity index is 1.95. The molecule has 1 saturated heterocycles. The van der Waals surface area contributed by atoms with E-state index in [0.29, 0.717) is 37.4 Å². The molecule has 8 heteroatoms. The van der Waals surface area contributed by atoms with Crippen LogP contribution in [0.15, 0.2) is 48.8 Å². The van der Waals surface area contributed by atoms with Crippen LogP contribution >= 0.6 is 0 Å². The van der Waals surface area contributed by atoms with Gasteiger partial charge in [0.1, 0.15) is 5.75 Å². The summed E-state index contributed by atoms with van der Waals surface area (Å²) in [5.74, 6) is -0.351. The molecule has 0 unspecified atom stereocenters. The van der Waals surface area contributed by atoms with Crippen LogP contribution in [0.4, 0.5) is 0 Å². The van der Waals surface area contributed by atoms with Crippen molar-refractivity contribution in [2.24, 2.45) is 0 Å². The number of benzene rings is 1. The second kappa shape index (κ2) is 11.0. The molecule has 8 nitrogen and oxygen atoms in total. The molecule has 1 fully saturated rings. The Bertz CT molecular complexity index is 981. The van der Waals surface area contributed by atoms with Gasteiger partial charge in [-0.2, -0.15) is 0 Å². The second-order valence-electron chi connectivity index (χ2n) is 8.10. The van der Waals surface area contributed by atoms with Crippen molar-refractivity contribution in [3.05, 3.63) is 59.9 Å². The molecule has 1 aliphatic heterocycles. The van der Waals surface area contributed by atoms with Crippen molar-refractivity contribution in [3.8, 4) is 5.75 Å². The smallest absolute Gasteiger partial charge is 0.241 e. The predicted octanol–water partition coefficient (Wildman–Crippen LogP) is 2.56. The van der Waals surface area contributed by atoms with Gasteiger partial charge in [0.25, 0.3) is 0 Å². The number of rotatable bonds is 11. The molecule has 0 radical (unpaired) electrons. The van der Waals surface area contributed by atoms with E-state index >= 15 is 0 Å². The maximum atomic E-state index is 13.7. The fraction of sp³-hybridized carbons (Fsp3) is 0.440. The molecule has 0 bridgehead atoms. The summed E-state index contributed by atoms with van der Waals surface area (Å²) in [6.45, 7) is 3.47. The van der Waals surface area contributed by atoms with E-state index in [0.717, 1.165) is 5.56 Å². The summed E-state index contributed by atoms with van der Waals surface area (Å²) in [5.41, 5.74) is 0.203. The van der Waals surface area contributed by atoms with E-state index in [1.807, 2.05) is 19.1 Å². The molecule has 3 rings (SSSR count). The molecular weight excluding hydrogens is 422 g/mol. The fourth-order valence-corrected chi connectivity index (χ4v) is 4.33. The standard InChI is InChI=1S/C25H31N3O5/c1-4-27(18-19-10-12-26-13-11-19)22(29)16-25(20-8-5-6-9-21(20)33-3)17-23(30)28(24(25)31)14-7-15-32-2/h5-6,8-13H,4,7,14-18H2,1-3H3/t25-/m0/s1. The summed E-state index contributed by atoms with van der Waals surface area (Å²) in [4.78, 5) is 47.2. The summed E-state index contributed by atoms with van der Waals surface area (Å²) in [6.07, 6.45) is 3.71. The van der Waals surface area contributed by atoms with Crippen molar-refractivity contribution in [1.82, 2.24) is 14.8 Å². The second-order valence-corrected chi connectivity index (χ2v) is 8.10. The molecule has 2 aromatic rings. The topological polar surface area (TPSA) is 89.0 Å². The lowest BCUT2D eigenvalue weighted by atomic mass is 9.75. The summed E-state index contributed by atoms with van der Waals surface area (Å²) in [7, 11) is 3.10. The van der Waals surface area contributed by atoms with Crippen LogP contribution < -0.4 is 4.74 Å². The van der Waals surface area contributed by atoms with Crippen LogP contribution in [0.1, 0.15) is 37.3 Å². The SMILES string of the molecule is CCN(Cc1ccncc1)C(=O)C[C@@]1(c2ccccc2OC)CC(=O)N(CCCOC)C1=O. The van der Waals surface area contributed by atoms with Gasteiger partial charge in [0, 0.05) is 64.1 Å². The number of hydrogen-bond acceptors (Lipinski definition) is 6. The highest BCUT2D eigenvalue weighted by Gasteiger charge is 2.55. The van der Waals surface area contributed by atoms with Gasteiger partial charge in [-0.05, 0) is 37.1 Å². The van der Waals surface area contributed by atoms with Crippen LogP contribution in [-0.2, 0) is 31.1 Å². The number of hydrogen-bond donors (Lipinski definition) is 0. The number of ether oxygens (including phenoxy) is 2. The van der Waals surface area contributed by atoms with Gasteiger partial charge in [-0.1, -0.05) is 18.2 Å². The Morgan fingerprint density at radius 3 is 2.55 bits per heavy atom. The molecule has 1 aromatic carbocycles. The molecule has 3 amide bonds. The largest absolute Gasteiger partial charge is 0.496 e. The Morgan fingerprint density at radius 1 is 1.15 bits per heavy atom. The Hall–Kier alpha value is -3.26. The third kappa shape index (κ3) is 5.22. The van der Waals surface area contributed by atoms with Crippen molar-refractivity contribution in [2.45, 2.75) is 38.1 Å². The van der Waals surface area contributed by atoms with Gasteiger partial charge in [0.05, 0.1) is 12.5 Å². The highest BCUT2D eigenvalue weighted by atomic mass is 16.5. The number of nitrogens with zero attached hydrogens (tertiary/aromatic N) is 3. The summed E-state index contributed by atoms with van der Waals surface area (Å²) in [6, 6.07) is 10.8. The Kier molecular flexibility index (Phi) is 8.16. The average molecular weight is 454 g/mol. The van der Waals surface area contributed by atoms with Gasteiger partial charge < -0.3 is 14.4 Å². The van der Waals surface area contributed by atoms with Crippen LogP contribution in [0.5, 0.6) is 5.75 Å². The van der Waals surface area contributed by atoms with Crippen LogP contribution in [0.3, 0.4) is 0 Å². The summed E-state index contributed by atoms with van der Waals surface area (Å²) >= 11 is 0. The molecule has 33 heavy (non-hydrogen) atoms. The number of carbonyl (C=O) groups is 3. The lowest BCUT2D eigenvalue weighted by molar-refractivity contribution is -0.143. The van der Waals surface area contributed by atoms with Gasteiger partial charge >= 0.3 is 0 Å². The third-order valence-electron chi connectivity index (χ3n) is 6.07. The third-order valence-corrected chi connectivity index (χ3v) is 6.07. The number of amides is 3. The number of pyridine rings is 1. The first-order valence-corrected chi connectivity index (χ1v) is 11.1. The van der Waals surface area contributed by atoms with Crippen LogP contribution in [0.25, 0.3) is 0 Å². The fourth-order valence-electron chi connectivity index (χ4n) is 4.33. The quantitative estimate of drug-likeness (QED) is 0.384. The van der Waals surface area contributed by atoms with E-state index in [2.05, 4.69) is 4.98 Å². The number of carbonyl (C=O) groups excluding carboxylic acids is 3. The molecule has 1 aliphatic rings. The van der Waals surface area contributed by atoms with Crippen molar-refractivity contribution < 1.29 is 23.9 Å². The minimum Gasteiger partial charge on any atom is -0.496 e. The van der Waals surface area contributed by atoms with E-state index in [9.17, 15) is 14.4 Å². The van der Waals surface area contributed by atoms with E-state index in [1.165, 1.54) is 12.0 Å². The molecule has 0 aliphatic carbocycles. The Labute approximate surface area is 194 Å². The molecule has 176 valence electrons. The molecule has 1 atom stereocenters. The maximum absolute atomic E-state index is 13.7. The maximum Gasteiger partial charge on any atom is 0.241 e. The first-order valence-electron chi connectivity index (χ1n) is 11.1. The number of methoxy groups -OCH3 is 2. The highest BCUT2D eigenvalue weighted by Crippen LogP contribution is 2.44. The zero-order valence-electron chi connectivity index (χ0n) is 19.5. The average Bonchev–Trinajstić information content (AvgIpc) is 3.07. The molecule has 1 aromatic heterocycles. The van der Waals surface area contributed by atoms with Gasteiger partial charge in [-0.25, -0.2) is 0 Å². The highest BCUT2D eigenvalue weighted by molar-refractivity contribution is 6.11. The van der Waals surface area contributed by atoms with Crippen LogP contribution in [0, 0.1) is 0 Å². The van der Waals surface area contributed by atoms with Gasteiger partial charge in [-0.15, -0.1) is 0 Å². The molecule has 2 heterocycles. The van der Waals surface area contributed by atoms with Crippen molar-refractivity contribution in [1.29, 1.82) is 0 Å². The van der Waals surface area contributed by atoms with E-state index in [4.69, 9.17) is 9.47 Å². The van der Waals surface area contributed by atoms with E-state index in [1.54, 1.807) is 48.7 Å². The molecule has 0 saturated carbocycles.